The van der Waals surface area contributed by atoms with Gasteiger partial charge in [-0.1, -0.05) is 427 Å². The lowest BCUT2D eigenvalue weighted by molar-refractivity contribution is -0.161. The molecule has 0 aromatic rings. The first-order chi connectivity index (χ1) is 52.8. The van der Waals surface area contributed by atoms with Crippen molar-refractivity contribution in [1.29, 1.82) is 0 Å². The molecule has 0 rings (SSSR count). The molecular weight excluding hydrogens is 1410 g/mol. The van der Waals surface area contributed by atoms with Crippen LogP contribution in [0.15, 0.2) is 0 Å². The fourth-order valence-corrected chi connectivity index (χ4v) is 15.6. The molecule has 0 saturated heterocycles. The van der Waals surface area contributed by atoms with Crippen molar-refractivity contribution < 1.29 is 80.2 Å². The molecule has 109 heavy (non-hydrogen) atoms. The van der Waals surface area contributed by atoms with Gasteiger partial charge in [-0.15, -0.1) is 0 Å². The van der Waals surface area contributed by atoms with E-state index in [1.807, 2.05) is 0 Å². The van der Waals surface area contributed by atoms with Crippen molar-refractivity contribution in [3.05, 3.63) is 0 Å². The van der Waals surface area contributed by atoms with Crippen LogP contribution in [-0.2, 0) is 65.4 Å². The number of aliphatic hydroxyl groups excluding tert-OH is 1. The quantitative estimate of drug-likeness (QED) is 0.0222. The Labute approximate surface area is 670 Å². The first-order valence-corrected chi connectivity index (χ1v) is 49.4. The molecule has 0 aliphatic heterocycles. The van der Waals surface area contributed by atoms with Crippen molar-refractivity contribution in [2.45, 2.75) is 497 Å². The number of ether oxygens (including phenoxy) is 4. The van der Waals surface area contributed by atoms with E-state index < -0.39 is 97.5 Å². The third kappa shape index (κ3) is 82.4. The van der Waals surface area contributed by atoms with Gasteiger partial charge >= 0.3 is 39.5 Å². The fourth-order valence-electron chi connectivity index (χ4n) is 14.0. The zero-order valence-electron chi connectivity index (χ0n) is 72.0. The van der Waals surface area contributed by atoms with Crippen LogP contribution in [0.2, 0.25) is 0 Å². The van der Waals surface area contributed by atoms with E-state index in [2.05, 4.69) is 48.5 Å². The number of carbonyl (C=O) groups excluding carboxylic acids is 4. The van der Waals surface area contributed by atoms with E-state index in [0.717, 1.165) is 114 Å². The molecule has 0 saturated carbocycles. The molecule has 6 atom stereocenters. The first kappa shape index (κ1) is 107. The largest absolute Gasteiger partial charge is 0.472 e. The number of carbonyl (C=O) groups is 4. The summed E-state index contributed by atoms with van der Waals surface area (Å²) in [5, 5.41) is 10.7. The Morgan fingerprint density at radius 2 is 0.468 bits per heavy atom. The molecule has 0 aromatic heterocycles. The first-order valence-electron chi connectivity index (χ1n) is 46.4. The Morgan fingerprint density at radius 3 is 0.697 bits per heavy atom. The Morgan fingerprint density at radius 1 is 0.266 bits per heavy atom. The van der Waals surface area contributed by atoms with Crippen LogP contribution in [0.1, 0.15) is 479 Å². The number of phosphoric ester groups is 2. The molecule has 648 valence electrons. The van der Waals surface area contributed by atoms with Crippen LogP contribution in [0.4, 0.5) is 0 Å². The minimum absolute atomic E-state index is 0.107. The molecule has 0 amide bonds. The second kappa shape index (κ2) is 79.9. The van der Waals surface area contributed by atoms with Crippen molar-refractivity contribution >= 4 is 39.5 Å². The molecule has 19 heteroatoms. The maximum atomic E-state index is 13.2. The van der Waals surface area contributed by atoms with Crippen LogP contribution in [0.25, 0.3) is 0 Å². The van der Waals surface area contributed by atoms with Gasteiger partial charge in [0.05, 0.1) is 26.4 Å². The maximum absolute atomic E-state index is 13.2. The molecule has 0 radical (unpaired) electrons. The molecule has 0 heterocycles. The SMILES string of the molecule is CCCCCCCCCCCCCCCCCCCCCCCC(=O)O[C@H](COC(=O)CCCCCCCCCCCCCCCCCCC(C)C)COP(=O)(O)OC[C@@H](O)COP(=O)(O)OC[C@@H](COC(=O)CCCCCCCCC(C)CC)OC(=O)CCCCCCCCCCCCCCCCCCC(C)C. The lowest BCUT2D eigenvalue weighted by Crippen LogP contribution is -2.30. The molecule has 0 spiro atoms. The zero-order chi connectivity index (χ0) is 80.0. The average molecular weight is 1590 g/mol. The maximum Gasteiger partial charge on any atom is 0.472 e. The molecular formula is C90H176O17P2. The van der Waals surface area contributed by atoms with E-state index in [4.69, 9.17) is 37.0 Å². The van der Waals surface area contributed by atoms with Crippen LogP contribution < -0.4 is 0 Å². The Balaban J connectivity index is 5.22. The summed E-state index contributed by atoms with van der Waals surface area (Å²) in [7, 11) is -9.93. The second-order valence-electron chi connectivity index (χ2n) is 33.5. The van der Waals surface area contributed by atoms with Gasteiger partial charge in [-0.2, -0.15) is 0 Å². The summed E-state index contributed by atoms with van der Waals surface area (Å²) in [5.41, 5.74) is 0. The van der Waals surface area contributed by atoms with Crippen molar-refractivity contribution in [1.82, 2.24) is 0 Å². The average Bonchev–Trinajstić information content (AvgIpc) is 0.899. The van der Waals surface area contributed by atoms with Gasteiger partial charge < -0.3 is 33.8 Å². The summed E-state index contributed by atoms with van der Waals surface area (Å²) < 4.78 is 69.0. The molecule has 3 unspecified atom stereocenters. The van der Waals surface area contributed by atoms with Crippen molar-refractivity contribution in [3.8, 4) is 0 Å². The minimum Gasteiger partial charge on any atom is -0.462 e. The fraction of sp³-hybridized carbons (Fsp3) is 0.956. The molecule has 3 N–H and O–H groups in total. The molecule has 0 aromatic carbocycles. The highest BCUT2D eigenvalue weighted by atomic mass is 31.2. The van der Waals surface area contributed by atoms with Crippen LogP contribution in [0.3, 0.4) is 0 Å². The zero-order valence-corrected chi connectivity index (χ0v) is 73.8. The van der Waals surface area contributed by atoms with E-state index in [9.17, 15) is 43.2 Å². The van der Waals surface area contributed by atoms with E-state index in [0.29, 0.717) is 25.7 Å². The van der Waals surface area contributed by atoms with Gasteiger partial charge in [-0.25, -0.2) is 9.13 Å². The number of phosphoric acid groups is 2. The Kier molecular flexibility index (Phi) is 78.5. The number of esters is 4. The Bertz CT molecular complexity index is 2100. The van der Waals surface area contributed by atoms with E-state index in [-0.39, 0.29) is 25.7 Å². The number of hydrogen-bond donors (Lipinski definition) is 3. The number of rotatable bonds is 88. The molecule has 0 bridgehead atoms. The van der Waals surface area contributed by atoms with Crippen LogP contribution >= 0.6 is 15.6 Å². The van der Waals surface area contributed by atoms with E-state index in [1.165, 1.54) is 283 Å². The molecule has 0 aliphatic carbocycles. The predicted octanol–water partition coefficient (Wildman–Crippen LogP) is 27.6. The van der Waals surface area contributed by atoms with Crippen molar-refractivity contribution in [3.63, 3.8) is 0 Å². The van der Waals surface area contributed by atoms with E-state index in [1.54, 1.807) is 0 Å². The highest BCUT2D eigenvalue weighted by molar-refractivity contribution is 7.47. The summed E-state index contributed by atoms with van der Waals surface area (Å²) in [6.07, 6.45) is 72.4. The van der Waals surface area contributed by atoms with Crippen molar-refractivity contribution in [2.24, 2.45) is 17.8 Å². The monoisotopic (exact) mass is 1590 g/mol. The summed E-state index contributed by atoms with van der Waals surface area (Å²) in [6, 6.07) is 0. The van der Waals surface area contributed by atoms with Crippen LogP contribution in [0.5, 0.6) is 0 Å². The molecule has 0 aliphatic rings. The molecule has 17 nitrogen and oxygen atoms in total. The summed E-state index contributed by atoms with van der Waals surface area (Å²) >= 11 is 0. The lowest BCUT2D eigenvalue weighted by Gasteiger charge is -2.21. The lowest BCUT2D eigenvalue weighted by atomic mass is 10.00. The van der Waals surface area contributed by atoms with Gasteiger partial charge in [0, 0.05) is 25.7 Å². The normalized spacial score (nSPS) is 14.1. The van der Waals surface area contributed by atoms with Crippen LogP contribution in [-0.4, -0.2) is 96.7 Å². The third-order valence-electron chi connectivity index (χ3n) is 21.5. The number of aliphatic hydroxyl groups is 1. The Hall–Kier alpha value is -1.94. The van der Waals surface area contributed by atoms with Gasteiger partial charge in [0.1, 0.15) is 19.3 Å². The number of hydrogen-bond acceptors (Lipinski definition) is 15. The van der Waals surface area contributed by atoms with Gasteiger partial charge in [0.15, 0.2) is 12.2 Å². The minimum atomic E-state index is -4.97. The van der Waals surface area contributed by atoms with Gasteiger partial charge in [-0.05, 0) is 43.4 Å². The topological polar surface area (TPSA) is 237 Å². The predicted molar refractivity (Wildman–Crippen MR) is 451 cm³/mol. The van der Waals surface area contributed by atoms with Gasteiger partial charge in [0.2, 0.25) is 0 Å². The van der Waals surface area contributed by atoms with Gasteiger partial charge in [-0.3, -0.25) is 37.3 Å². The van der Waals surface area contributed by atoms with E-state index >= 15 is 0 Å². The second-order valence-corrected chi connectivity index (χ2v) is 36.4. The van der Waals surface area contributed by atoms with Gasteiger partial charge in [0.25, 0.3) is 0 Å². The summed E-state index contributed by atoms with van der Waals surface area (Å²) in [6.45, 7) is 12.0. The van der Waals surface area contributed by atoms with Crippen molar-refractivity contribution in [2.75, 3.05) is 39.6 Å². The number of unbranched alkanes of at least 4 members (excludes halogenated alkanes) is 55. The highest BCUT2D eigenvalue weighted by Gasteiger charge is 2.31. The summed E-state index contributed by atoms with van der Waals surface area (Å²) in [4.78, 5) is 73.4. The smallest absolute Gasteiger partial charge is 0.462 e. The summed E-state index contributed by atoms with van der Waals surface area (Å²) in [5.74, 6) is 0.251. The third-order valence-corrected chi connectivity index (χ3v) is 23.4. The highest BCUT2D eigenvalue weighted by Crippen LogP contribution is 2.45. The van der Waals surface area contributed by atoms with Crippen LogP contribution in [0, 0.1) is 17.8 Å². The molecule has 0 fully saturated rings. The standard InChI is InChI=1S/C90H176O17P2/c1-8-10-11-12-13-14-15-16-17-18-19-20-21-22-30-35-40-45-50-59-66-73-89(94)106-85(77-100-87(92)71-64-57-49-44-39-34-29-25-23-27-32-37-42-47-54-61-68-81(3)4)79-104-108(96,97)102-75-84(91)76-103-109(98,99)105-80-86(78-101-88(93)72-65-58-53-52-56-63-70-83(7)9-2)107-90(95)74-67-60-51-46-41-36-31-26-24-28-33-38-43-48-55-62-69-82(5)6/h81-86,91H,8-80H2,1-7H3,(H,96,97)(H,98,99)/t83?,84-,85-,86-/m1/s1.